The Morgan fingerprint density at radius 3 is 1.22 bits per heavy atom. The van der Waals surface area contributed by atoms with Gasteiger partial charge in [0, 0.05) is 121 Å². The van der Waals surface area contributed by atoms with Crippen molar-refractivity contribution in [2.75, 3.05) is 140 Å². The lowest BCUT2D eigenvalue weighted by molar-refractivity contribution is -0.141. The number of nitrogens with zero attached hydrogens (tertiary/aromatic N) is 14. The average molecular weight is 1910 g/mol. The number of pyridine rings is 2. The molecule has 6 aromatic heterocycles. The maximum Gasteiger partial charge on any atom is 0.433 e. The van der Waals surface area contributed by atoms with Gasteiger partial charge in [0.05, 0.1) is 81.6 Å². The minimum absolute atomic E-state index is 0.0135. The summed E-state index contributed by atoms with van der Waals surface area (Å²) in [6, 6.07) is 47.0. The van der Waals surface area contributed by atoms with Crippen molar-refractivity contribution in [3.63, 3.8) is 0 Å². The number of nitrogens with one attached hydrogen (secondary N) is 4. The molecule has 698 valence electrons. The zero-order chi connectivity index (χ0) is 94.5. The van der Waals surface area contributed by atoms with Crippen molar-refractivity contribution >= 4 is 171 Å². The third-order valence-electron chi connectivity index (χ3n) is 22.7. The molecule has 0 atom stereocenters. The number of morpholine rings is 4. The van der Waals surface area contributed by atoms with Gasteiger partial charge in [-0.25, -0.2) is 29.9 Å². The number of hydrogen-bond donors (Lipinski definition) is 8. The molecule has 5 fully saturated rings. The lowest BCUT2D eigenvalue weighted by Crippen LogP contribution is -2.41. The molecule has 0 bridgehead atoms. The van der Waals surface area contributed by atoms with Gasteiger partial charge in [-0.1, -0.05) is 58.4 Å². The fraction of sp³-hybridized carbons (Fsp3) is 0.315. The fourth-order valence-electron chi connectivity index (χ4n) is 16.1. The standard InChI is InChI=1S/C26H26F3N5O4.C24H23N5O4.C21H21BrN4O4.C21H20F3N5O4/c27-26(28,29)17-3-1-2-16(12-17)24(37)32-25-31-20-13-19(33-10-11-38-14-22(33)35)8-9-21(20)34(25)18-6-4-15(5-7-18)23(30)36;30-12-3-10-29-21-9-7-17(28-11-13-33-15-22(28)31)14-20(21)26-24(29)27-23(32)19-8-6-16-4-1-2-5-18(16)25-19;22-15-4-1-3-14(11-15)20(29)24-21-23-17-12-16(25-8-10-30-13-19(25)28)5-6-18(17)26(21)7-2-9-27;22-21(23,24)17-4-1-3-14(25-17)19(32)27-20-26-15-11-13(28-8-10-33-12-18(28)31)5-6-16(15)29(20)7-2-9-30/h1-3,8-9,12-13,15,18H,4-7,10-11,14H2,(H2,30,36)(H,31,32,37);1-2,4-9,14,30H,3,10-13,15H2,(H,26,27,32);1,3-6,11-12,27H,2,7-10,13H2,(H,23,24,29);1,3-6,11,30H,2,7-10,12H2,(H,26,27,32). The van der Waals surface area contributed by atoms with E-state index in [1.807, 2.05) is 86.5 Å². The predicted octanol–water partition coefficient (Wildman–Crippen LogP) is 11.7. The Labute approximate surface area is 767 Å². The summed E-state index contributed by atoms with van der Waals surface area (Å²) in [4.78, 5) is 145. The number of carbonyl (C=O) groups excluding carboxylic acids is 9. The van der Waals surface area contributed by atoms with Crippen LogP contribution >= 0.6 is 15.9 Å². The largest absolute Gasteiger partial charge is 0.433 e. The smallest absolute Gasteiger partial charge is 0.396 e. The van der Waals surface area contributed by atoms with Crippen molar-refractivity contribution in [2.24, 2.45) is 11.7 Å². The molecule has 13 aromatic rings. The van der Waals surface area contributed by atoms with Gasteiger partial charge in [-0.2, -0.15) is 26.3 Å². The molecule has 7 aromatic carbocycles. The Bertz CT molecular complexity index is 6600. The van der Waals surface area contributed by atoms with E-state index in [2.05, 4.69) is 67.1 Å². The first-order chi connectivity index (χ1) is 64.6. The molecule has 42 heteroatoms. The van der Waals surface area contributed by atoms with Crippen LogP contribution in [0.25, 0.3) is 55.0 Å². The number of anilines is 8. The van der Waals surface area contributed by atoms with Crippen molar-refractivity contribution in [3.8, 4) is 0 Å². The fourth-order valence-corrected chi connectivity index (χ4v) is 16.5. The van der Waals surface area contributed by atoms with Gasteiger partial charge in [-0.3, -0.25) is 64.4 Å². The monoisotopic (exact) mass is 1910 g/mol. The number of aliphatic hydroxyl groups excluding tert-OH is 3. The van der Waals surface area contributed by atoms with Crippen LogP contribution in [0.3, 0.4) is 0 Å². The molecule has 35 nitrogen and oxygen atoms in total. The van der Waals surface area contributed by atoms with Crippen LogP contribution in [0.15, 0.2) is 180 Å². The Hall–Kier alpha value is -14.0. The van der Waals surface area contributed by atoms with Crippen molar-refractivity contribution in [1.29, 1.82) is 0 Å². The number of aryl methyl sites for hydroxylation is 3. The summed E-state index contributed by atoms with van der Waals surface area (Å²) in [6.45, 7) is 4.81. The summed E-state index contributed by atoms with van der Waals surface area (Å²) in [6.07, 6.45) is -5.53. The summed E-state index contributed by atoms with van der Waals surface area (Å²) in [7, 11) is 0. The summed E-state index contributed by atoms with van der Waals surface area (Å²) in [5.41, 5.74) is 12.3. The minimum Gasteiger partial charge on any atom is -0.396 e. The molecule has 10 heterocycles. The molecular weight excluding hydrogens is 1820 g/mol. The molecular formula is C92H90BrF6N19O16. The van der Waals surface area contributed by atoms with Crippen LogP contribution in [0.2, 0.25) is 0 Å². The summed E-state index contributed by atoms with van der Waals surface area (Å²) in [5, 5.41) is 39.8. The molecule has 9 N–H and O–H groups in total. The van der Waals surface area contributed by atoms with Gasteiger partial charge in [-0.15, -0.1) is 0 Å². The first-order valence-electron chi connectivity index (χ1n) is 42.9. The second kappa shape index (κ2) is 42.3. The van der Waals surface area contributed by atoms with Gasteiger partial charge in [0.15, 0.2) is 0 Å². The van der Waals surface area contributed by atoms with Crippen LogP contribution in [0.5, 0.6) is 0 Å². The van der Waals surface area contributed by atoms with Crippen LogP contribution in [0.4, 0.5) is 72.9 Å². The van der Waals surface area contributed by atoms with Crippen molar-refractivity contribution in [3.05, 3.63) is 214 Å². The van der Waals surface area contributed by atoms with Gasteiger partial charge in [0.1, 0.15) is 43.5 Å². The molecule has 9 amide bonds. The lowest BCUT2D eigenvalue weighted by Gasteiger charge is -2.29. The molecule has 18 rings (SSSR count). The van der Waals surface area contributed by atoms with Crippen LogP contribution in [-0.2, 0) is 74.9 Å². The summed E-state index contributed by atoms with van der Waals surface area (Å²) in [5.74, 6) is -2.36. The minimum atomic E-state index is -4.68. The first-order valence-corrected chi connectivity index (χ1v) is 43.6. The maximum absolute atomic E-state index is 13.2. The van der Waals surface area contributed by atoms with Crippen molar-refractivity contribution in [1.82, 2.24) is 48.2 Å². The van der Waals surface area contributed by atoms with E-state index >= 15 is 0 Å². The number of ether oxygens (including phenoxy) is 4. The summed E-state index contributed by atoms with van der Waals surface area (Å²) >= 11 is 3.37. The van der Waals surface area contributed by atoms with E-state index in [0.29, 0.717) is 179 Å². The Kier molecular flexibility index (Phi) is 29.8. The molecule has 134 heavy (non-hydrogen) atoms. The molecule has 1 aliphatic carbocycles. The lowest BCUT2D eigenvalue weighted by atomic mass is 9.85. The number of rotatable bonds is 23. The van der Waals surface area contributed by atoms with Gasteiger partial charge >= 0.3 is 12.4 Å². The number of hydrogen-bond acceptors (Lipinski definition) is 22. The number of imidazole rings is 4. The van der Waals surface area contributed by atoms with Crippen LogP contribution < -0.4 is 46.6 Å². The Balaban J connectivity index is 0.000000137. The van der Waals surface area contributed by atoms with Crippen LogP contribution in [0.1, 0.15) is 104 Å². The van der Waals surface area contributed by atoms with E-state index in [9.17, 15) is 84.8 Å². The number of amides is 9. The second-order valence-electron chi connectivity index (χ2n) is 31.5. The number of carbonyl (C=O) groups is 9. The van der Waals surface area contributed by atoms with E-state index < -0.39 is 41.1 Å². The number of nitrogens with two attached hydrogens (primary N) is 1. The highest BCUT2D eigenvalue weighted by Gasteiger charge is 2.36. The molecule has 4 aliphatic heterocycles. The van der Waals surface area contributed by atoms with E-state index in [4.69, 9.17) is 24.7 Å². The number of para-hydroxylation sites is 1. The highest BCUT2D eigenvalue weighted by Crippen LogP contribution is 2.40. The normalized spacial score (nSPS) is 16.1. The first kappa shape index (κ1) is 94.6. The topological polar surface area (TPSA) is 435 Å². The van der Waals surface area contributed by atoms with E-state index in [1.54, 1.807) is 84.8 Å². The summed E-state index contributed by atoms with van der Waals surface area (Å²) < 4.78 is 107. The number of halogens is 7. The zero-order valence-electron chi connectivity index (χ0n) is 71.7. The van der Waals surface area contributed by atoms with Crippen LogP contribution in [0, 0.1) is 5.92 Å². The van der Waals surface area contributed by atoms with Crippen molar-refractivity contribution in [2.45, 2.75) is 83.0 Å². The molecule has 1 saturated carbocycles. The molecule has 0 radical (unpaired) electrons. The quantitative estimate of drug-likeness (QED) is 0.0276. The number of fused-ring (bicyclic) bond motifs is 5. The molecule has 5 aliphatic rings. The van der Waals surface area contributed by atoms with Gasteiger partial charge in [-0.05, 0) is 178 Å². The second-order valence-corrected chi connectivity index (χ2v) is 32.4. The average Bonchev–Trinajstić information content (AvgIpc) is 1.33. The van der Waals surface area contributed by atoms with E-state index in [-0.39, 0.29) is 123 Å². The van der Waals surface area contributed by atoms with E-state index in [0.717, 1.165) is 62.0 Å². The third-order valence-corrected chi connectivity index (χ3v) is 23.2. The number of primary amides is 1. The number of alkyl halides is 6. The Morgan fingerprint density at radius 1 is 0.403 bits per heavy atom. The maximum atomic E-state index is 13.2. The van der Waals surface area contributed by atoms with Crippen molar-refractivity contribution < 1.29 is 104 Å². The molecule has 4 saturated heterocycles. The van der Waals surface area contributed by atoms with E-state index in [1.165, 1.54) is 18.2 Å². The SMILES string of the molecule is NC(=O)C1CCC(n2c(NC(=O)c3cccc(C(F)(F)F)c3)nc3cc(N4CCOCC4=O)ccc32)CC1.O=C(Nc1nc2cc(N3CCOCC3=O)ccc2n1CCCO)c1ccc2ccccc2n1.O=C(Nc1nc2cc(N3CCOCC3=O)ccc2n1CCCO)c1cccc(Br)c1.O=C(Nc1nc2cc(N3CCOCC3=O)ccc2n1CCCO)c1cccc(C(F)(F)F)n1. The molecule has 0 unspecified atom stereocenters. The predicted molar refractivity (Wildman–Crippen MR) is 485 cm³/mol. The third kappa shape index (κ3) is 22.2. The number of aromatic nitrogens is 10. The Morgan fingerprint density at radius 2 is 0.799 bits per heavy atom. The number of aliphatic hydroxyl groups is 3. The highest BCUT2D eigenvalue weighted by molar-refractivity contribution is 9.10. The number of benzene rings is 7. The van der Waals surface area contributed by atoms with Gasteiger partial charge in [0.25, 0.3) is 47.3 Å². The zero-order valence-corrected chi connectivity index (χ0v) is 73.3. The van der Waals surface area contributed by atoms with Crippen LogP contribution in [-0.4, -0.2) is 216 Å². The van der Waals surface area contributed by atoms with Gasteiger partial charge in [0.2, 0.25) is 29.7 Å². The molecule has 0 spiro atoms. The van der Waals surface area contributed by atoms with Gasteiger partial charge < -0.3 is 77.9 Å². The highest BCUT2D eigenvalue weighted by atomic mass is 79.9.